The molecule has 0 atom stereocenters. The van der Waals surface area contributed by atoms with Gasteiger partial charge in [0.15, 0.2) is 0 Å². The van der Waals surface area contributed by atoms with Gasteiger partial charge in [0.25, 0.3) is 11.8 Å². The lowest BCUT2D eigenvalue weighted by molar-refractivity contribution is -0.119. The van der Waals surface area contributed by atoms with Crippen LogP contribution in [-0.2, 0) is 4.79 Å². The number of aromatic hydroxyl groups is 1. The second kappa shape index (κ2) is 6.11. The summed E-state index contributed by atoms with van der Waals surface area (Å²) in [5.74, 6) is -1.60. The highest BCUT2D eigenvalue weighted by molar-refractivity contribution is 9.10. The first-order valence-corrected chi connectivity index (χ1v) is 6.91. The molecule has 0 fully saturated rings. The third-order valence-electron chi connectivity index (χ3n) is 2.60. The van der Waals surface area contributed by atoms with Crippen LogP contribution in [-0.4, -0.2) is 22.8 Å². The predicted molar refractivity (Wildman–Crippen MR) is 79.6 cm³/mol. The lowest BCUT2D eigenvalue weighted by Gasteiger charge is -2.09. The van der Waals surface area contributed by atoms with Crippen LogP contribution in [0.4, 0.5) is 0 Å². The number of phenolic OH excluding ortho intramolecular Hbond substituents is 1. The number of alkyl halides is 1. The number of hydrogen-bond donors (Lipinski definition) is 3. The van der Waals surface area contributed by atoms with Gasteiger partial charge in [-0.05, 0) is 35.0 Å². The first-order valence-electron chi connectivity index (χ1n) is 5.58. The van der Waals surface area contributed by atoms with Gasteiger partial charge in [0, 0.05) is 4.47 Å². The zero-order chi connectivity index (χ0) is 14.7. The summed E-state index contributed by atoms with van der Waals surface area (Å²) in [6.45, 7) is 0. The van der Waals surface area contributed by atoms with Crippen LogP contribution in [0.3, 0.4) is 0 Å². The topological polar surface area (TPSA) is 78.4 Å². The summed E-state index contributed by atoms with van der Waals surface area (Å²) in [6, 6.07) is 8.50. The molecule has 0 aliphatic carbocycles. The van der Waals surface area contributed by atoms with E-state index in [0.717, 1.165) is 15.2 Å². The normalized spacial score (nSPS) is 10.3. The number of benzene rings is 2. The molecule has 2 aromatic carbocycles. The van der Waals surface area contributed by atoms with Crippen LogP contribution in [0.15, 0.2) is 34.8 Å². The molecule has 0 heterocycles. The van der Waals surface area contributed by atoms with Crippen LogP contribution >= 0.6 is 27.5 Å². The summed E-state index contributed by atoms with van der Waals surface area (Å²) in [4.78, 5) is 22.8. The zero-order valence-corrected chi connectivity index (χ0v) is 12.5. The highest BCUT2D eigenvalue weighted by Gasteiger charge is 2.13. The van der Waals surface area contributed by atoms with E-state index in [1.54, 1.807) is 0 Å². The van der Waals surface area contributed by atoms with Crippen molar-refractivity contribution in [2.45, 2.75) is 0 Å². The molecule has 0 saturated carbocycles. The molecule has 0 unspecified atom stereocenters. The summed E-state index contributed by atoms with van der Waals surface area (Å²) < 4.78 is 0.859. The van der Waals surface area contributed by atoms with Crippen LogP contribution in [0.5, 0.6) is 5.75 Å². The monoisotopic (exact) mass is 356 g/mol. The Kier molecular flexibility index (Phi) is 4.46. The molecule has 5 nitrogen and oxygen atoms in total. The third kappa shape index (κ3) is 3.20. The third-order valence-corrected chi connectivity index (χ3v) is 3.33. The molecule has 2 rings (SSSR count). The second-order valence-electron chi connectivity index (χ2n) is 4.00. The van der Waals surface area contributed by atoms with Crippen LogP contribution in [0.1, 0.15) is 10.4 Å². The Hall–Kier alpha value is -1.79. The van der Waals surface area contributed by atoms with E-state index in [4.69, 9.17) is 11.6 Å². The largest absolute Gasteiger partial charge is 0.507 e. The molecular weight excluding hydrogens is 348 g/mol. The smallest absolute Gasteiger partial charge is 0.273 e. The van der Waals surface area contributed by atoms with Gasteiger partial charge in [0.05, 0.1) is 5.56 Å². The van der Waals surface area contributed by atoms with Crippen molar-refractivity contribution in [1.29, 1.82) is 0 Å². The van der Waals surface area contributed by atoms with Gasteiger partial charge in [-0.1, -0.05) is 22.0 Å². The molecule has 0 aromatic heterocycles. The SMILES string of the molecule is O=C(CCl)NNC(=O)c1cc2cc(Br)ccc2cc1O. The van der Waals surface area contributed by atoms with Gasteiger partial charge < -0.3 is 5.11 Å². The van der Waals surface area contributed by atoms with Gasteiger partial charge in [0.1, 0.15) is 11.6 Å². The number of hydrazine groups is 1. The van der Waals surface area contributed by atoms with Crippen molar-refractivity contribution in [2.75, 3.05) is 5.88 Å². The highest BCUT2D eigenvalue weighted by Crippen LogP contribution is 2.27. The number of carbonyl (C=O) groups excluding carboxylic acids is 2. The minimum Gasteiger partial charge on any atom is -0.507 e. The van der Waals surface area contributed by atoms with Crippen molar-refractivity contribution in [3.05, 3.63) is 40.4 Å². The number of fused-ring (bicyclic) bond motifs is 1. The van der Waals surface area contributed by atoms with Crippen LogP contribution in [0, 0.1) is 0 Å². The summed E-state index contributed by atoms with van der Waals surface area (Å²) >= 11 is 8.63. The summed E-state index contributed by atoms with van der Waals surface area (Å²) in [5.41, 5.74) is 4.36. The first-order chi connectivity index (χ1) is 9.51. The summed E-state index contributed by atoms with van der Waals surface area (Å²) in [5, 5.41) is 11.4. The van der Waals surface area contributed by atoms with Crippen molar-refractivity contribution in [3.8, 4) is 5.75 Å². The molecule has 7 heteroatoms. The minimum absolute atomic E-state index is 0.0606. The molecule has 20 heavy (non-hydrogen) atoms. The van der Waals surface area contributed by atoms with Crippen molar-refractivity contribution in [2.24, 2.45) is 0 Å². The molecule has 2 amide bonds. The quantitative estimate of drug-likeness (QED) is 0.570. The molecule has 104 valence electrons. The molecule has 0 bridgehead atoms. The summed E-state index contributed by atoms with van der Waals surface area (Å²) in [7, 11) is 0. The maximum absolute atomic E-state index is 11.9. The molecule has 0 aliphatic heterocycles. The molecule has 2 aromatic rings. The average Bonchev–Trinajstić information content (AvgIpc) is 2.44. The summed E-state index contributed by atoms with van der Waals surface area (Å²) in [6.07, 6.45) is 0. The standard InChI is InChI=1S/C13H10BrClN2O3/c14-9-2-1-7-5-11(18)10(4-8(7)3-9)13(20)17-16-12(19)6-15/h1-5,18H,6H2,(H,16,19)(H,17,20). The number of carbonyl (C=O) groups is 2. The Morgan fingerprint density at radius 2 is 1.90 bits per heavy atom. The lowest BCUT2D eigenvalue weighted by Crippen LogP contribution is -2.42. The van der Waals surface area contributed by atoms with E-state index in [1.165, 1.54) is 12.1 Å². The van der Waals surface area contributed by atoms with Crippen LogP contribution < -0.4 is 10.9 Å². The Morgan fingerprint density at radius 1 is 1.15 bits per heavy atom. The molecule has 0 spiro atoms. The van der Waals surface area contributed by atoms with E-state index in [2.05, 4.69) is 26.8 Å². The van der Waals surface area contributed by atoms with E-state index in [1.807, 2.05) is 18.2 Å². The van der Waals surface area contributed by atoms with Gasteiger partial charge in [-0.15, -0.1) is 11.6 Å². The van der Waals surface area contributed by atoms with Gasteiger partial charge in [-0.3, -0.25) is 20.4 Å². The number of hydrogen-bond acceptors (Lipinski definition) is 3. The van der Waals surface area contributed by atoms with Crippen molar-refractivity contribution in [1.82, 2.24) is 10.9 Å². The van der Waals surface area contributed by atoms with E-state index in [9.17, 15) is 14.7 Å². The highest BCUT2D eigenvalue weighted by atomic mass is 79.9. The molecule has 0 saturated heterocycles. The van der Waals surface area contributed by atoms with E-state index < -0.39 is 11.8 Å². The Morgan fingerprint density at radius 3 is 2.60 bits per heavy atom. The molecular formula is C13H10BrClN2O3. The average molecular weight is 358 g/mol. The Bertz CT molecular complexity index is 691. The van der Waals surface area contributed by atoms with E-state index >= 15 is 0 Å². The second-order valence-corrected chi connectivity index (χ2v) is 5.18. The van der Waals surface area contributed by atoms with Crippen LogP contribution in [0.2, 0.25) is 0 Å². The number of phenols is 1. The molecule has 3 N–H and O–H groups in total. The molecule has 0 radical (unpaired) electrons. The van der Waals surface area contributed by atoms with E-state index in [-0.39, 0.29) is 17.2 Å². The number of nitrogens with one attached hydrogen (secondary N) is 2. The lowest BCUT2D eigenvalue weighted by atomic mass is 10.1. The molecule has 0 aliphatic rings. The Labute approximate surface area is 128 Å². The fraction of sp³-hybridized carbons (Fsp3) is 0.0769. The van der Waals surface area contributed by atoms with Crippen molar-refractivity contribution in [3.63, 3.8) is 0 Å². The maximum Gasteiger partial charge on any atom is 0.273 e. The Balaban J connectivity index is 2.31. The predicted octanol–water partition coefficient (Wildman–Crippen LogP) is 2.31. The number of halogens is 2. The van der Waals surface area contributed by atoms with E-state index in [0.29, 0.717) is 0 Å². The van der Waals surface area contributed by atoms with Gasteiger partial charge in [0.2, 0.25) is 0 Å². The minimum atomic E-state index is -0.622. The van der Waals surface area contributed by atoms with Crippen molar-refractivity contribution >= 4 is 50.1 Å². The number of amides is 2. The van der Waals surface area contributed by atoms with Gasteiger partial charge in [-0.25, -0.2) is 0 Å². The fourth-order valence-corrected chi connectivity index (χ4v) is 2.11. The first kappa shape index (κ1) is 14.6. The zero-order valence-electron chi connectivity index (χ0n) is 10.1. The van der Waals surface area contributed by atoms with Gasteiger partial charge in [-0.2, -0.15) is 0 Å². The maximum atomic E-state index is 11.9. The van der Waals surface area contributed by atoms with Crippen molar-refractivity contribution < 1.29 is 14.7 Å². The number of rotatable bonds is 2. The van der Waals surface area contributed by atoms with Crippen LogP contribution in [0.25, 0.3) is 10.8 Å². The van der Waals surface area contributed by atoms with Gasteiger partial charge >= 0.3 is 0 Å². The fourth-order valence-electron chi connectivity index (χ4n) is 1.67.